The Balaban J connectivity index is 2.16. The lowest BCUT2D eigenvalue weighted by molar-refractivity contribution is 0.413. The number of benzene rings is 2. The normalized spacial score (nSPS) is 10.2. The lowest BCUT2D eigenvalue weighted by Crippen LogP contribution is -2.03. The van der Waals surface area contributed by atoms with Crippen molar-refractivity contribution in [3.05, 3.63) is 52.3 Å². The van der Waals surface area contributed by atoms with Gasteiger partial charge < -0.3 is 14.8 Å². The number of rotatable bonds is 5. The lowest BCUT2D eigenvalue weighted by Gasteiger charge is -2.11. The maximum Gasteiger partial charge on any atom is 0.146 e. The van der Waals surface area contributed by atoms with E-state index in [2.05, 4.69) is 21.2 Å². The Morgan fingerprint density at radius 3 is 2.40 bits per heavy atom. The summed E-state index contributed by atoms with van der Waals surface area (Å²) >= 11 is 3.47. The Bertz CT molecular complexity index is 551. The smallest absolute Gasteiger partial charge is 0.146 e. The molecule has 0 aliphatic heterocycles. The Hall–Kier alpha value is -1.75. The van der Waals surface area contributed by atoms with Gasteiger partial charge in [0.05, 0.1) is 19.9 Å². The van der Waals surface area contributed by atoms with E-state index in [9.17, 15) is 4.39 Å². The van der Waals surface area contributed by atoms with E-state index in [1.807, 2.05) is 18.2 Å². The Kier molecular flexibility index (Phi) is 4.84. The van der Waals surface area contributed by atoms with Gasteiger partial charge in [-0.2, -0.15) is 0 Å². The van der Waals surface area contributed by atoms with Crippen LogP contribution in [0.1, 0.15) is 5.56 Å². The van der Waals surface area contributed by atoms with Crippen molar-refractivity contribution >= 4 is 21.6 Å². The number of hydrogen-bond donors (Lipinski definition) is 1. The maximum atomic E-state index is 13.7. The van der Waals surface area contributed by atoms with Crippen LogP contribution >= 0.6 is 15.9 Å². The number of halogens is 2. The van der Waals surface area contributed by atoms with E-state index in [0.29, 0.717) is 18.0 Å². The number of ether oxygens (including phenoxy) is 2. The molecule has 20 heavy (non-hydrogen) atoms. The average Bonchev–Trinajstić information content (AvgIpc) is 2.48. The van der Waals surface area contributed by atoms with Gasteiger partial charge >= 0.3 is 0 Å². The second-order valence-electron chi connectivity index (χ2n) is 4.16. The summed E-state index contributed by atoms with van der Waals surface area (Å²) in [5.41, 5.74) is 1.38. The molecule has 0 saturated carbocycles. The first kappa shape index (κ1) is 14.7. The maximum absolute atomic E-state index is 13.7. The third-order valence-corrected chi connectivity index (χ3v) is 3.67. The fourth-order valence-electron chi connectivity index (χ4n) is 1.77. The molecule has 0 radical (unpaired) electrons. The first-order valence-electron chi connectivity index (χ1n) is 6.04. The molecule has 0 aliphatic carbocycles. The molecule has 5 heteroatoms. The summed E-state index contributed by atoms with van der Waals surface area (Å²) in [5, 5.41) is 3.06. The highest BCUT2D eigenvalue weighted by atomic mass is 79.9. The molecule has 0 saturated heterocycles. The van der Waals surface area contributed by atoms with Crippen LogP contribution in [0.25, 0.3) is 0 Å². The molecule has 0 atom stereocenters. The minimum absolute atomic E-state index is 0.315. The van der Waals surface area contributed by atoms with Gasteiger partial charge in [-0.15, -0.1) is 0 Å². The van der Waals surface area contributed by atoms with Crippen molar-refractivity contribution in [1.29, 1.82) is 0 Å². The summed E-state index contributed by atoms with van der Waals surface area (Å²) < 4.78 is 24.9. The molecular formula is C15H15BrFNO2. The van der Waals surface area contributed by atoms with E-state index < -0.39 is 0 Å². The second-order valence-corrected chi connectivity index (χ2v) is 5.01. The molecule has 0 aromatic heterocycles. The van der Waals surface area contributed by atoms with Crippen LogP contribution in [-0.4, -0.2) is 14.2 Å². The summed E-state index contributed by atoms with van der Waals surface area (Å²) in [4.78, 5) is 0. The number of methoxy groups -OCH3 is 2. The highest BCUT2D eigenvalue weighted by Gasteiger charge is 2.06. The molecule has 2 aromatic rings. The summed E-state index contributed by atoms with van der Waals surface area (Å²) in [5.74, 6) is 1.06. The molecule has 0 fully saturated rings. The summed E-state index contributed by atoms with van der Waals surface area (Å²) in [6, 6.07) is 10.2. The number of nitrogens with one attached hydrogen (secondary N) is 1. The van der Waals surface area contributed by atoms with Crippen LogP contribution in [0, 0.1) is 5.82 Å². The fraction of sp³-hybridized carbons (Fsp3) is 0.200. The van der Waals surface area contributed by atoms with Crippen LogP contribution in [0.5, 0.6) is 11.5 Å². The molecule has 0 spiro atoms. The molecule has 0 unspecified atom stereocenters. The Morgan fingerprint density at radius 2 is 1.70 bits per heavy atom. The first-order valence-corrected chi connectivity index (χ1v) is 6.83. The van der Waals surface area contributed by atoms with E-state index in [1.54, 1.807) is 26.4 Å². The largest absolute Gasteiger partial charge is 0.497 e. The van der Waals surface area contributed by atoms with Crippen molar-refractivity contribution in [2.24, 2.45) is 0 Å². The van der Waals surface area contributed by atoms with Gasteiger partial charge in [0.15, 0.2) is 0 Å². The Morgan fingerprint density at radius 1 is 1.05 bits per heavy atom. The van der Waals surface area contributed by atoms with Crippen LogP contribution in [0.3, 0.4) is 0 Å². The fourth-order valence-corrected chi connectivity index (χ4v) is 2.16. The summed E-state index contributed by atoms with van der Waals surface area (Å²) in [6.45, 7) is 0.474. The van der Waals surface area contributed by atoms with E-state index in [0.717, 1.165) is 15.8 Å². The number of anilines is 1. The molecule has 1 N–H and O–H groups in total. The van der Waals surface area contributed by atoms with Crippen molar-refractivity contribution < 1.29 is 13.9 Å². The van der Waals surface area contributed by atoms with E-state index in [-0.39, 0.29) is 5.82 Å². The molecule has 0 amide bonds. The monoisotopic (exact) mass is 339 g/mol. The van der Waals surface area contributed by atoms with Gasteiger partial charge in [-0.05, 0) is 35.9 Å². The third-order valence-electron chi connectivity index (χ3n) is 2.90. The molecule has 2 aromatic carbocycles. The van der Waals surface area contributed by atoms with Crippen molar-refractivity contribution in [3.63, 3.8) is 0 Å². The zero-order valence-electron chi connectivity index (χ0n) is 11.2. The van der Waals surface area contributed by atoms with Gasteiger partial charge in [0.1, 0.15) is 17.3 Å². The average molecular weight is 340 g/mol. The minimum atomic E-state index is -0.315. The summed E-state index contributed by atoms with van der Waals surface area (Å²) in [7, 11) is 3.16. The van der Waals surface area contributed by atoms with Crippen LogP contribution < -0.4 is 14.8 Å². The van der Waals surface area contributed by atoms with Crippen molar-refractivity contribution in [2.45, 2.75) is 6.54 Å². The highest BCUT2D eigenvalue weighted by Crippen LogP contribution is 2.25. The molecule has 2 rings (SSSR count). The number of hydrogen-bond acceptors (Lipinski definition) is 3. The zero-order valence-corrected chi connectivity index (χ0v) is 12.8. The van der Waals surface area contributed by atoms with Gasteiger partial charge in [-0.25, -0.2) is 4.39 Å². The topological polar surface area (TPSA) is 30.5 Å². The molecule has 0 bridgehead atoms. The van der Waals surface area contributed by atoms with Gasteiger partial charge in [0.2, 0.25) is 0 Å². The van der Waals surface area contributed by atoms with Crippen LogP contribution in [0.15, 0.2) is 40.9 Å². The summed E-state index contributed by atoms with van der Waals surface area (Å²) in [6.07, 6.45) is 0. The van der Waals surface area contributed by atoms with Crippen LogP contribution in [0.2, 0.25) is 0 Å². The highest BCUT2D eigenvalue weighted by molar-refractivity contribution is 9.10. The predicted molar refractivity (Wildman–Crippen MR) is 81.0 cm³/mol. The quantitative estimate of drug-likeness (QED) is 0.884. The molecule has 106 valence electrons. The standard InChI is InChI=1S/C15H15BrFNO2/c1-19-11-3-5-13(16)10(7-11)9-18-15-8-12(20-2)4-6-14(15)17/h3-8,18H,9H2,1-2H3. The van der Waals surface area contributed by atoms with E-state index >= 15 is 0 Å². The van der Waals surface area contributed by atoms with Crippen molar-refractivity contribution in [1.82, 2.24) is 0 Å². The van der Waals surface area contributed by atoms with E-state index in [4.69, 9.17) is 9.47 Å². The van der Waals surface area contributed by atoms with E-state index in [1.165, 1.54) is 6.07 Å². The van der Waals surface area contributed by atoms with Gasteiger partial charge in [-0.1, -0.05) is 15.9 Å². The van der Waals surface area contributed by atoms with Crippen LogP contribution in [-0.2, 0) is 6.54 Å². The molecular weight excluding hydrogens is 325 g/mol. The molecule has 0 heterocycles. The van der Waals surface area contributed by atoms with Crippen molar-refractivity contribution in [3.8, 4) is 11.5 Å². The first-order chi connectivity index (χ1) is 9.63. The SMILES string of the molecule is COc1ccc(Br)c(CNc2cc(OC)ccc2F)c1. The second kappa shape index (κ2) is 6.61. The lowest BCUT2D eigenvalue weighted by atomic mass is 10.2. The molecule has 0 aliphatic rings. The zero-order chi connectivity index (χ0) is 14.5. The van der Waals surface area contributed by atoms with Crippen molar-refractivity contribution in [2.75, 3.05) is 19.5 Å². The molecule has 3 nitrogen and oxygen atoms in total. The van der Waals surface area contributed by atoms with Gasteiger partial charge in [0.25, 0.3) is 0 Å². The van der Waals surface area contributed by atoms with Gasteiger partial charge in [0, 0.05) is 17.1 Å². The third kappa shape index (κ3) is 3.42. The predicted octanol–water partition coefficient (Wildman–Crippen LogP) is 4.22. The Labute approximate surface area is 125 Å². The minimum Gasteiger partial charge on any atom is -0.497 e. The van der Waals surface area contributed by atoms with Gasteiger partial charge in [-0.3, -0.25) is 0 Å². The van der Waals surface area contributed by atoms with Crippen LogP contribution in [0.4, 0.5) is 10.1 Å².